The highest BCUT2D eigenvalue weighted by molar-refractivity contribution is 9.10. The first-order chi connectivity index (χ1) is 9.56. The fraction of sp³-hybridized carbons (Fsp3) is 0.429. The van der Waals surface area contributed by atoms with Crippen molar-refractivity contribution >= 4 is 33.4 Å². The molecular weight excluding hydrogens is 322 g/mol. The van der Waals surface area contributed by atoms with E-state index in [2.05, 4.69) is 26.6 Å². The molecule has 0 aliphatic carbocycles. The van der Waals surface area contributed by atoms with E-state index in [1.807, 2.05) is 36.1 Å². The van der Waals surface area contributed by atoms with E-state index in [1.54, 1.807) is 0 Å². The first-order valence-electron chi connectivity index (χ1n) is 6.63. The number of amides is 2. The Labute approximate surface area is 126 Å². The summed E-state index contributed by atoms with van der Waals surface area (Å²) >= 11 is 3.36. The van der Waals surface area contributed by atoms with E-state index < -0.39 is 0 Å². The fourth-order valence-corrected chi connectivity index (χ4v) is 2.57. The Bertz CT molecular complexity index is 507. The summed E-state index contributed by atoms with van der Waals surface area (Å²) in [5.41, 5.74) is 0.772. The largest absolute Gasteiger partial charge is 0.353 e. The van der Waals surface area contributed by atoms with E-state index in [0.717, 1.165) is 16.7 Å². The Morgan fingerprint density at radius 3 is 3.10 bits per heavy atom. The molecule has 2 rings (SSSR count). The van der Waals surface area contributed by atoms with E-state index >= 15 is 0 Å². The molecule has 1 atom stereocenters. The lowest BCUT2D eigenvalue weighted by molar-refractivity contribution is -0.129. The minimum Gasteiger partial charge on any atom is -0.353 e. The SMILES string of the molecule is C[C@H]1C(=O)NCCN1CCC(=O)Nc1cccc(Br)c1. The van der Waals surface area contributed by atoms with Crippen LogP contribution in [-0.4, -0.2) is 42.4 Å². The van der Waals surface area contributed by atoms with Crippen LogP contribution in [-0.2, 0) is 9.59 Å². The molecule has 0 aromatic heterocycles. The van der Waals surface area contributed by atoms with Gasteiger partial charge in [-0.2, -0.15) is 0 Å². The van der Waals surface area contributed by atoms with Crippen molar-refractivity contribution in [3.05, 3.63) is 28.7 Å². The van der Waals surface area contributed by atoms with Gasteiger partial charge in [0.15, 0.2) is 0 Å². The van der Waals surface area contributed by atoms with Gasteiger partial charge in [0, 0.05) is 36.2 Å². The Balaban J connectivity index is 1.82. The Morgan fingerprint density at radius 2 is 2.35 bits per heavy atom. The Kier molecular flexibility index (Phi) is 5.14. The zero-order valence-electron chi connectivity index (χ0n) is 11.4. The number of halogens is 1. The summed E-state index contributed by atoms with van der Waals surface area (Å²) in [4.78, 5) is 25.4. The van der Waals surface area contributed by atoms with Crippen LogP contribution in [0.3, 0.4) is 0 Å². The quantitative estimate of drug-likeness (QED) is 0.875. The number of hydrogen-bond donors (Lipinski definition) is 2. The average Bonchev–Trinajstić information content (AvgIpc) is 2.40. The lowest BCUT2D eigenvalue weighted by atomic mass is 10.2. The molecular formula is C14H18BrN3O2. The van der Waals surface area contributed by atoms with Gasteiger partial charge < -0.3 is 10.6 Å². The lowest BCUT2D eigenvalue weighted by Crippen LogP contribution is -2.54. The van der Waals surface area contributed by atoms with Gasteiger partial charge in [-0.3, -0.25) is 14.5 Å². The third-order valence-electron chi connectivity index (χ3n) is 3.36. The third-order valence-corrected chi connectivity index (χ3v) is 3.85. The van der Waals surface area contributed by atoms with Crippen molar-refractivity contribution in [1.29, 1.82) is 0 Å². The fourth-order valence-electron chi connectivity index (χ4n) is 2.17. The van der Waals surface area contributed by atoms with E-state index in [0.29, 0.717) is 19.5 Å². The first-order valence-corrected chi connectivity index (χ1v) is 7.43. The van der Waals surface area contributed by atoms with Crippen molar-refractivity contribution in [2.24, 2.45) is 0 Å². The maximum absolute atomic E-state index is 11.9. The maximum atomic E-state index is 11.9. The average molecular weight is 340 g/mol. The number of rotatable bonds is 4. The summed E-state index contributed by atoms with van der Waals surface area (Å²) in [6.07, 6.45) is 0.379. The molecule has 1 aromatic rings. The molecule has 1 fully saturated rings. The smallest absolute Gasteiger partial charge is 0.237 e. The maximum Gasteiger partial charge on any atom is 0.237 e. The highest BCUT2D eigenvalue weighted by Gasteiger charge is 2.25. The summed E-state index contributed by atoms with van der Waals surface area (Å²) in [7, 11) is 0. The number of piperazine rings is 1. The van der Waals surface area contributed by atoms with Crippen molar-refractivity contribution in [3.8, 4) is 0 Å². The van der Waals surface area contributed by atoms with Crippen LogP contribution in [0.15, 0.2) is 28.7 Å². The zero-order chi connectivity index (χ0) is 14.5. The van der Waals surface area contributed by atoms with Gasteiger partial charge in [-0.05, 0) is 25.1 Å². The molecule has 5 nitrogen and oxygen atoms in total. The van der Waals surface area contributed by atoms with E-state index in [1.165, 1.54) is 0 Å². The number of carbonyl (C=O) groups excluding carboxylic acids is 2. The van der Waals surface area contributed by atoms with Gasteiger partial charge in [-0.15, -0.1) is 0 Å². The van der Waals surface area contributed by atoms with Gasteiger partial charge in [-0.1, -0.05) is 22.0 Å². The standard InChI is InChI=1S/C14H18BrN3O2/c1-10-14(20)16-6-8-18(10)7-5-13(19)17-12-4-2-3-11(15)9-12/h2-4,9-10H,5-8H2,1H3,(H,16,20)(H,17,19)/t10-/m0/s1. The van der Waals surface area contributed by atoms with Crippen molar-refractivity contribution in [2.75, 3.05) is 25.0 Å². The monoisotopic (exact) mass is 339 g/mol. The molecule has 2 N–H and O–H groups in total. The summed E-state index contributed by atoms with van der Waals surface area (Å²) in [5, 5.41) is 5.66. The molecule has 108 valence electrons. The molecule has 1 aromatic carbocycles. The van der Waals surface area contributed by atoms with Gasteiger partial charge in [-0.25, -0.2) is 0 Å². The number of hydrogen-bond acceptors (Lipinski definition) is 3. The first kappa shape index (κ1) is 15.0. The molecule has 1 aliphatic heterocycles. The second kappa shape index (κ2) is 6.85. The number of nitrogens with zero attached hydrogens (tertiary/aromatic N) is 1. The molecule has 0 spiro atoms. The van der Waals surface area contributed by atoms with Crippen molar-refractivity contribution in [3.63, 3.8) is 0 Å². The molecule has 0 bridgehead atoms. The predicted octanol–water partition coefficient (Wildman–Crippen LogP) is 1.60. The normalized spacial score (nSPS) is 19.5. The Morgan fingerprint density at radius 1 is 1.55 bits per heavy atom. The van der Waals surface area contributed by atoms with Crippen LogP contribution in [0.4, 0.5) is 5.69 Å². The van der Waals surface area contributed by atoms with Crippen LogP contribution in [0.5, 0.6) is 0 Å². The number of nitrogens with one attached hydrogen (secondary N) is 2. The van der Waals surface area contributed by atoms with Gasteiger partial charge in [0.2, 0.25) is 11.8 Å². The van der Waals surface area contributed by atoms with Crippen molar-refractivity contribution < 1.29 is 9.59 Å². The summed E-state index contributed by atoms with van der Waals surface area (Å²) in [6.45, 7) is 3.89. The molecule has 0 radical (unpaired) electrons. The minimum absolute atomic E-state index is 0.0312. The van der Waals surface area contributed by atoms with Crippen LogP contribution < -0.4 is 10.6 Å². The molecule has 20 heavy (non-hydrogen) atoms. The predicted molar refractivity (Wildman–Crippen MR) is 81.4 cm³/mol. The number of anilines is 1. The molecule has 1 aliphatic rings. The van der Waals surface area contributed by atoms with Crippen molar-refractivity contribution in [2.45, 2.75) is 19.4 Å². The molecule has 6 heteroatoms. The van der Waals surface area contributed by atoms with Crippen LogP contribution in [0.25, 0.3) is 0 Å². The molecule has 0 unspecified atom stereocenters. The van der Waals surface area contributed by atoms with E-state index in [4.69, 9.17) is 0 Å². The molecule has 1 saturated heterocycles. The minimum atomic E-state index is -0.164. The second-order valence-electron chi connectivity index (χ2n) is 4.81. The Hall–Kier alpha value is -1.40. The van der Waals surface area contributed by atoms with Crippen LogP contribution in [0, 0.1) is 0 Å². The summed E-state index contributed by atoms with van der Waals surface area (Å²) in [6, 6.07) is 7.32. The van der Waals surface area contributed by atoms with E-state index in [9.17, 15) is 9.59 Å². The van der Waals surface area contributed by atoms with E-state index in [-0.39, 0.29) is 17.9 Å². The molecule has 2 amide bonds. The van der Waals surface area contributed by atoms with Gasteiger partial charge in [0.25, 0.3) is 0 Å². The number of benzene rings is 1. The van der Waals surface area contributed by atoms with Crippen LogP contribution in [0.1, 0.15) is 13.3 Å². The van der Waals surface area contributed by atoms with Gasteiger partial charge in [0.1, 0.15) is 0 Å². The van der Waals surface area contributed by atoms with Crippen molar-refractivity contribution in [1.82, 2.24) is 10.2 Å². The zero-order valence-corrected chi connectivity index (χ0v) is 12.9. The van der Waals surface area contributed by atoms with Gasteiger partial charge in [0.05, 0.1) is 6.04 Å². The molecule has 1 heterocycles. The van der Waals surface area contributed by atoms with Crippen LogP contribution in [0.2, 0.25) is 0 Å². The summed E-state index contributed by atoms with van der Waals surface area (Å²) < 4.78 is 0.927. The lowest BCUT2D eigenvalue weighted by Gasteiger charge is -2.32. The number of carbonyl (C=O) groups is 2. The van der Waals surface area contributed by atoms with Gasteiger partial charge >= 0.3 is 0 Å². The summed E-state index contributed by atoms with van der Waals surface area (Å²) in [5.74, 6) is -0.00932. The third kappa shape index (κ3) is 4.05. The highest BCUT2D eigenvalue weighted by atomic mass is 79.9. The topological polar surface area (TPSA) is 61.4 Å². The van der Waals surface area contributed by atoms with Crippen LogP contribution >= 0.6 is 15.9 Å². The molecule has 0 saturated carbocycles. The highest BCUT2D eigenvalue weighted by Crippen LogP contribution is 2.15. The second-order valence-corrected chi connectivity index (χ2v) is 5.73.